The van der Waals surface area contributed by atoms with Gasteiger partial charge in [-0.05, 0) is 24.3 Å². The summed E-state index contributed by atoms with van der Waals surface area (Å²) in [6.07, 6.45) is 6.50. The Hall–Kier alpha value is -4.98. The molecule has 0 aliphatic rings. The van der Waals surface area contributed by atoms with E-state index in [2.05, 4.69) is 31.0 Å². The topological polar surface area (TPSA) is 109 Å². The fourth-order valence-electron chi connectivity index (χ4n) is 3.12. The maximum atomic E-state index is 12.5. The smallest absolute Gasteiger partial charge is 0.265 e. The van der Waals surface area contributed by atoms with Gasteiger partial charge in [0.25, 0.3) is 0 Å². The number of carbonyl (C=O) groups is 2. The van der Waals surface area contributed by atoms with Gasteiger partial charge in [-0.15, -0.1) is 0 Å². The molecule has 4 rings (SSSR count). The van der Waals surface area contributed by atoms with Crippen LogP contribution < -0.4 is 10.9 Å². The Morgan fingerprint density at radius 2 is 0.824 bits per heavy atom. The molecule has 0 fully saturated rings. The Labute approximate surface area is 196 Å². The molecule has 8 nitrogen and oxygen atoms in total. The lowest BCUT2D eigenvalue weighted by Crippen LogP contribution is -2.36. The van der Waals surface area contributed by atoms with Crippen molar-refractivity contribution in [2.75, 3.05) is 0 Å². The number of carbonyl (C=O) groups excluding carboxylic acids is 2. The lowest BCUT2D eigenvalue weighted by molar-refractivity contribution is -0.139. The summed E-state index contributed by atoms with van der Waals surface area (Å²) in [4.78, 5) is 33.0. The van der Waals surface area contributed by atoms with Crippen molar-refractivity contribution in [2.24, 2.45) is 10.2 Å². The van der Waals surface area contributed by atoms with Crippen LogP contribution in [0.5, 0.6) is 0 Å². The van der Waals surface area contributed by atoms with Crippen molar-refractivity contribution < 1.29 is 9.59 Å². The standard InChI is InChI=1S/C26H20N6O2/c33-25(31-29-23(19-7-3-1-4-8-19)21-11-15-27-16-12-21)26(34)32-30-24(20-9-5-2-6-10-20)22-13-17-28-18-14-22/h1-18H,(H,31,33)(H,32,34). The molecule has 8 heteroatoms. The SMILES string of the molecule is O=C(NN=C(c1ccccc1)c1ccncc1)C(=O)NN=C(c1ccccc1)c1ccncc1. The second-order valence-corrected chi connectivity index (χ2v) is 7.01. The maximum absolute atomic E-state index is 12.5. The molecule has 166 valence electrons. The molecule has 0 saturated heterocycles. The van der Waals surface area contributed by atoms with Crippen molar-refractivity contribution >= 4 is 23.2 Å². The summed E-state index contributed by atoms with van der Waals surface area (Å²) in [6.45, 7) is 0. The number of nitrogens with zero attached hydrogens (tertiary/aromatic N) is 4. The molecule has 2 aromatic heterocycles. The molecule has 4 aromatic rings. The summed E-state index contributed by atoms with van der Waals surface area (Å²) < 4.78 is 0. The number of rotatable bonds is 6. The number of aromatic nitrogens is 2. The molecule has 2 heterocycles. The van der Waals surface area contributed by atoms with Crippen LogP contribution in [-0.2, 0) is 9.59 Å². The van der Waals surface area contributed by atoms with Gasteiger partial charge < -0.3 is 0 Å². The van der Waals surface area contributed by atoms with Crippen LogP contribution in [0.3, 0.4) is 0 Å². The first kappa shape index (κ1) is 22.2. The van der Waals surface area contributed by atoms with E-state index in [0.29, 0.717) is 11.4 Å². The number of hydrazone groups is 2. The fourth-order valence-corrected chi connectivity index (χ4v) is 3.12. The van der Waals surface area contributed by atoms with Gasteiger partial charge in [0.15, 0.2) is 0 Å². The number of benzene rings is 2. The zero-order valence-corrected chi connectivity index (χ0v) is 18.0. The first-order valence-corrected chi connectivity index (χ1v) is 10.4. The quantitative estimate of drug-likeness (QED) is 0.269. The molecule has 0 spiro atoms. The minimum absolute atomic E-state index is 0.495. The summed E-state index contributed by atoms with van der Waals surface area (Å²) in [7, 11) is 0. The third-order valence-electron chi connectivity index (χ3n) is 4.75. The predicted molar refractivity (Wildman–Crippen MR) is 129 cm³/mol. The third-order valence-corrected chi connectivity index (χ3v) is 4.75. The molecule has 2 aromatic carbocycles. The van der Waals surface area contributed by atoms with Gasteiger partial charge in [0, 0.05) is 47.0 Å². The van der Waals surface area contributed by atoms with Gasteiger partial charge >= 0.3 is 11.8 Å². The average Bonchev–Trinajstić information content (AvgIpc) is 2.91. The van der Waals surface area contributed by atoms with Crippen molar-refractivity contribution in [1.82, 2.24) is 20.8 Å². The molecular formula is C26H20N6O2. The van der Waals surface area contributed by atoms with Crippen LogP contribution >= 0.6 is 0 Å². The van der Waals surface area contributed by atoms with Gasteiger partial charge in [-0.3, -0.25) is 19.6 Å². The lowest BCUT2D eigenvalue weighted by Gasteiger charge is -2.08. The number of amides is 2. The highest BCUT2D eigenvalue weighted by atomic mass is 16.2. The Morgan fingerprint density at radius 1 is 0.500 bits per heavy atom. The minimum atomic E-state index is -0.951. The van der Waals surface area contributed by atoms with Gasteiger partial charge in [-0.1, -0.05) is 60.7 Å². The molecule has 0 aliphatic heterocycles. The molecular weight excluding hydrogens is 428 g/mol. The van der Waals surface area contributed by atoms with Crippen molar-refractivity contribution in [1.29, 1.82) is 0 Å². The maximum Gasteiger partial charge on any atom is 0.331 e. The highest BCUT2D eigenvalue weighted by molar-refractivity contribution is 6.35. The van der Waals surface area contributed by atoms with E-state index >= 15 is 0 Å². The molecule has 2 amide bonds. The Kier molecular flexibility index (Phi) is 7.22. The van der Waals surface area contributed by atoms with Crippen LogP contribution in [0.4, 0.5) is 0 Å². The van der Waals surface area contributed by atoms with E-state index in [4.69, 9.17) is 0 Å². The third kappa shape index (κ3) is 5.63. The second-order valence-electron chi connectivity index (χ2n) is 7.01. The molecule has 34 heavy (non-hydrogen) atoms. The molecule has 0 unspecified atom stereocenters. The molecule has 0 saturated carbocycles. The Bertz CT molecular complexity index is 1120. The van der Waals surface area contributed by atoms with E-state index in [1.807, 2.05) is 60.7 Å². The number of hydrogen-bond donors (Lipinski definition) is 2. The summed E-state index contributed by atoms with van der Waals surface area (Å²) in [5, 5.41) is 8.40. The van der Waals surface area contributed by atoms with Gasteiger partial charge in [-0.2, -0.15) is 10.2 Å². The van der Waals surface area contributed by atoms with Gasteiger partial charge in [0.1, 0.15) is 0 Å². The summed E-state index contributed by atoms with van der Waals surface area (Å²) >= 11 is 0. The van der Waals surface area contributed by atoms with Crippen molar-refractivity contribution in [3.63, 3.8) is 0 Å². The van der Waals surface area contributed by atoms with E-state index in [1.54, 1.807) is 49.1 Å². The van der Waals surface area contributed by atoms with Crippen LogP contribution in [-0.4, -0.2) is 33.2 Å². The van der Waals surface area contributed by atoms with Crippen LogP contribution in [0, 0.1) is 0 Å². The number of pyridine rings is 2. The zero-order chi connectivity index (χ0) is 23.6. The van der Waals surface area contributed by atoms with E-state index < -0.39 is 11.8 Å². The monoisotopic (exact) mass is 448 g/mol. The normalized spacial score (nSPS) is 11.5. The highest BCUT2D eigenvalue weighted by Crippen LogP contribution is 2.11. The van der Waals surface area contributed by atoms with Crippen LogP contribution in [0.1, 0.15) is 22.3 Å². The van der Waals surface area contributed by atoms with Crippen molar-refractivity contribution in [2.45, 2.75) is 0 Å². The minimum Gasteiger partial charge on any atom is -0.265 e. The van der Waals surface area contributed by atoms with Crippen LogP contribution in [0.2, 0.25) is 0 Å². The molecule has 0 radical (unpaired) electrons. The molecule has 0 atom stereocenters. The average molecular weight is 448 g/mol. The molecule has 0 aliphatic carbocycles. The number of hydrogen-bond acceptors (Lipinski definition) is 6. The van der Waals surface area contributed by atoms with Crippen molar-refractivity contribution in [3.05, 3.63) is 132 Å². The molecule has 2 N–H and O–H groups in total. The van der Waals surface area contributed by atoms with E-state index in [9.17, 15) is 9.59 Å². The summed E-state index contributed by atoms with van der Waals surface area (Å²) in [5.74, 6) is -1.90. The lowest BCUT2D eigenvalue weighted by atomic mass is 10.0. The van der Waals surface area contributed by atoms with Crippen molar-refractivity contribution in [3.8, 4) is 0 Å². The predicted octanol–water partition coefficient (Wildman–Crippen LogP) is 2.91. The zero-order valence-electron chi connectivity index (χ0n) is 18.0. The number of nitrogens with one attached hydrogen (secondary N) is 2. The Morgan fingerprint density at radius 3 is 1.18 bits per heavy atom. The first-order valence-electron chi connectivity index (χ1n) is 10.4. The molecule has 0 bridgehead atoms. The van der Waals surface area contributed by atoms with Gasteiger partial charge in [-0.25, -0.2) is 10.9 Å². The Balaban J connectivity index is 1.54. The summed E-state index contributed by atoms with van der Waals surface area (Å²) in [5.41, 5.74) is 8.66. The summed E-state index contributed by atoms with van der Waals surface area (Å²) in [6, 6.07) is 25.7. The van der Waals surface area contributed by atoms with E-state index in [0.717, 1.165) is 22.3 Å². The van der Waals surface area contributed by atoms with E-state index in [1.165, 1.54) is 0 Å². The van der Waals surface area contributed by atoms with Crippen LogP contribution in [0.15, 0.2) is 120 Å². The highest BCUT2D eigenvalue weighted by Gasteiger charge is 2.15. The van der Waals surface area contributed by atoms with Crippen LogP contribution in [0.25, 0.3) is 0 Å². The van der Waals surface area contributed by atoms with Gasteiger partial charge in [0.05, 0.1) is 11.4 Å². The second kappa shape index (κ2) is 11.1. The first-order chi connectivity index (χ1) is 16.7. The van der Waals surface area contributed by atoms with Gasteiger partial charge in [0.2, 0.25) is 0 Å². The van der Waals surface area contributed by atoms with E-state index in [-0.39, 0.29) is 0 Å². The largest absolute Gasteiger partial charge is 0.331 e. The fraction of sp³-hybridized carbons (Fsp3) is 0.